The minimum absolute atomic E-state index is 0.112. The fourth-order valence-corrected chi connectivity index (χ4v) is 3.33. The van der Waals surface area contributed by atoms with Crippen molar-refractivity contribution in [2.24, 2.45) is 5.92 Å². The largest absolute Gasteiger partial charge is 0.468 e. The van der Waals surface area contributed by atoms with Gasteiger partial charge in [-0.15, -0.1) is 0 Å². The first kappa shape index (κ1) is 15.7. The number of likely N-dealkylation sites (N-methyl/N-ethyl adjacent to an activating group) is 2. The van der Waals surface area contributed by atoms with Gasteiger partial charge in [0.2, 0.25) is 0 Å². The second-order valence-corrected chi connectivity index (χ2v) is 6.93. The Morgan fingerprint density at radius 1 is 1.40 bits per heavy atom. The number of hydrogen-bond donors (Lipinski definition) is 1. The monoisotopic (exact) mass is 283 g/mol. The molecule has 116 valence electrons. The first-order valence-electron chi connectivity index (χ1n) is 7.56. The van der Waals surface area contributed by atoms with E-state index in [-0.39, 0.29) is 11.5 Å². The Hall–Kier alpha value is -0.650. The molecule has 0 aromatic heterocycles. The van der Waals surface area contributed by atoms with Crippen LogP contribution in [0, 0.1) is 5.92 Å². The second kappa shape index (κ2) is 5.62. The van der Waals surface area contributed by atoms with Gasteiger partial charge in [-0.2, -0.15) is 0 Å². The molecule has 0 aromatic carbocycles. The molecule has 1 unspecified atom stereocenters. The van der Waals surface area contributed by atoms with Crippen LogP contribution in [0.15, 0.2) is 0 Å². The number of ether oxygens (including phenoxy) is 1. The van der Waals surface area contributed by atoms with Crippen molar-refractivity contribution in [2.75, 3.05) is 47.4 Å². The van der Waals surface area contributed by atoms with Crippen LogP contribution in [-0.4, -0.2) is 74.2 Å². The minimum Gasteiger partial charge on any atom is -0.468 e. The number of nitrogens with zero attached hydrogens (tertiary/aromatic N) is 2. The molecular formula is C15H29N3O2. The van der Waals surface area contributed by atoms with Gasteiger partial charge in [0.25, 0.3) is 0 Å². The average molecular weight is 283 g/mol. The summed E-state index contributed by atoms with van der Waals surface area (Å²) in [6.45, 7) is 8.30. The maximum absolute atomic E-state index is 12.3. The van der Waals surface area contributed by atoms with Gasteiger partial charge in [-0.1, -0.05) is 0 Å². The molecule has 0 amide bonds. The lowest BCUT2D eigenvalue weighted by molar-refractivity contribution is -0.151. The highest BCUT2D eigenvalue weighted by Crippen LogP contribution is 2.41. The summed E-state index contributed by atoms with van der Waals surface area (Å²) in [5.41, 5.74) is -0.377. The van der Waals surface area contributed by atoms with Gasteiger partial charge in [0.05, 0.1) is 7.11 Å². The van der Waals surface area contributed by atoms with E-state index in [0.29, 0.717) is 5.92 Å². The highest BCUT2D eigenvalue weighted by atomic mass is 16.5. The van der Waals surface area contributed by atoms with Gasteiger partial charge in [-0.05, 0) is 46.7 Å². The molecule has 2 fully saturated rings. The van der Waals surface area contributed by atoms with Crippen LogP contribution in [0.25, 0.3) is 0 Å². The van der Waals surface area contributed by atoms with Gasteiger partial charge in [0.15, 0.2) is 0 Å². The molecule has 5 heteroatoms. The molecule has 1 heterocycles. The summed E-state index contributed by atoms with van der Waals surface area (Å²) in [6.07, 6.45) is 2.24. The Morgan fingerprint density at radius 2 is 2.05 bits per heavy atom. The molecule has 20 heavy (non-hydrogen) atoms. The molecule has 1 N–H and O–H groups in total. The smallest absolute Gasteiger partial charge is 0.327 e. The van der Waals surface area contributed by atoms with E-state index < -0.39 is 5.54 Å². The van der Waals surface area contributed by atoms with Crippen molar-refractivity contribution in [3.8, 4) is 0 Å². The standard InChI is InChI=1S/C15H29N3O2/c1-14(2)10-18(9-8-17(14)4)11-15(16-3,12-6-7-12)13(19)20-5/h12,16H,6-11H2,1-5H3. The summed E-state index contributed by atoms with van der Waals surface area (Å²) in [4.78, 5) is 17.1. The van der Waals surface area contributed by atoms with E-state index >= 15 is 0 Å². The normalized spacial score (nSPS) is 27.1. The maximum Gasteiger partial charge on any atom is 0.327 e. The van der Waals surface area contributed by atoms with Crippen LogP contribution in [0.1, 0.15) is 26.7 Å². The second-order valence-electron chi connectivity index (χ2n) is 6.93. The molecule has 1 atom stereocenters. The third-order valence-corrected chi connectivity index (χ3v) is 5.14. The molecule has 0 spiro atoms. The predicted molar refractivity (Wildman–Crippen MR) is 79.7 cm³/mol. The summed E-state index contributed by atoms with van der Waals surface area (Å²) in [7, 11) is 5.55. The van der Waals surface area contributed by atoms with Crippen molar-refractivity contribution >= 4 is 5.97 Å². The van der Waals surface area contributed by atoms with Crippen molar-refractivity contribution in [1.82, 2.24) is 15.1 Å². The van der Waals surface area contributed by atoms with Crippen LogP contribution < -0.4 is 5.32 Å². The first-order valence-corrected chi connectivity index (χ1v) is 7.56. The van der Waals surface area contributed by atoms with Crippen LogP contribution in [-0.2, 0) is 9.53 Å². The third-order valence-electron chi connectivity index (χ3n) is 5.14. The van der Waals surface area contributed by atoms with Crippen LogP contribution in [0.3, 0.4) is 0 Å². The number of carbonyl (C=O) groups excluding carboxylic acids is 1. The molecule has 2 aliphatic rings. The number of rotatable bonds is 5. The predicted octanol–water partition coefficient (Wildman–Crippen LogP) is 0.554. The Bertz CT molecular complexity index is 368. The lowest BCUT2D eigenvalue weighted by atomic mass is 9.90. The highest BCUT2D eigenvalue weighted by molar-refractivity contribution is 5.82. The van der Waals surface area contributed by atoms with E-state index in [0.717, 1.165) is 39.0 Å². The molecular weight excluding hydrogens is 254 g/mol. The number of methoxy groups -OCH3 is 1. The van der Waals surface area contributed by atoms with Gasteiger partial charge in [-0.3, -0.25) is 9.80 Å². The van der Waals surface area contributed by atoms with Crippen molar-refractivity contribution in [1.29, 1.82) is 0 Å². The summed E-state index contributed by atoms with van der Waals surface area (Å²) in [6, 6.07) is 0. The number of nitrogens with one attached hydrogen (secondary N) is 1. The lowest BCUT2D eigenvalue weighted by Crippen LogP contribution is -2.65. The van der Waals surface area contributed by atoms with Crippen molar-refractivity contribution in [2.45, 2.75) is 37.8 Å². The number of esters is 1. The molecule has 1 aliphatic heterocycles. The fraction of sp³-hybridized carbons (Fsp3) is 0.933. The third kappa shape index (κ3) is 2.85. The first-order chi connectivity index (χ1) is 9.35. The SMILES string of the molecule is CNC(CN1CCN(C)C(C)(C)C1)(C(=O)OC)C1CC1. The topological polar surface area (TPSA) is 44.8 Å². The summed E-state index contributed by atoms with van der Waals surface area (Å²) >= 11 is 0. The molecule has 0 aromatic rings. The van der Waals surface area contributed by atoms with Crippen LogP contribution in [0.5, 0.6) is 0 Å². The van der Waals surface area contributed by atoms with Crippen LogP contribution in [0.2, 0.25) is 0 Å². The number of carbonyl (C=O) groups is 1. The van der Waals surface area contributed by atoms with Gasteiger partial charge in [0.1, 0.15) is 5.54 Å². The van der Waals surface area contributed by atoms with E-state index in [1.807, 2.05) is 7.05 Å². The van der Waals surface area contributed by atoms with Crippen molar-refractivity contribution in [3.05, 3.63) is 0 Å². The zero-order chi connectivity index (χ0) is 15.0. The highest BCUT2D eigenvalue weighted by Gasteiger charge is 2.52. The summed E-state index contributed by atoms with van der Waals surface area (Å²) in [5.74, 6) is 0.307. The van der Waals surface area contributed by atoms with Gasteiger partial charge in [-0.25, -0.2) is 4.79 Å². The molecule has 0 bridgehead atoms. The van der Waals surface area contributed by atoms with Crippen LogP contribution >= 0.6 is 0 Å². The van der Waals surface area contributed by atoms with Crippen molar-refractivity contribution < 1.29 is 9.53 Å². The van der Waals surface area contributed by atoms with Gasteiger partial charge in [0, 0.05) is 31.7 Å². The summed E-state index contributed by atoms with van der Waals surface area (Å²) in [5, 5.41) is 3.28. The zero-order valence-corrected chi connectivity index (χ0v) is 13.5. The van der Waals surface area contributed by atoms with Crippen molar-refractivity contribution in [3.63, 3.8) is 0 Å². The number of hydrogen-bond acceptors (Lipinski definition) is 5. The van der Waals surface area contributed by atoms with Crippen LogP contribution in [0.4, 0.5) is 0 Å². The number of piperazine rings is 1. The summed E-state index contributed by atoms with van der Waals surface area (Å²) < 4.78 is 5.08. The molecule has 2 rings (SSSR count). The molecule has 1 saturated carbocycles. The average Bonchev–Trinajstić information content (AvgIpc) is 3.23. The van der Waals surface area contributed by atoms with E-state index in [2.05, 4.69) is 36.0 Å². The molecule has 1 saturated heterocycles. The van der Waals surface area contributed by atoms with E-state index in [1.165, 1.54) is 7.11 Å². The Balaban J connectivity index is 2.10. The Morgan fingerprint density at radius 3 is 2.50 bits per heavy atom. The van der Waals surface area contributed by atoms with E-state index in [4.69, 9.17) is 4.74 Å². The Labute approximate surface area is 122 Å². The maximum atomic E-state index is 12.3. The quantitative estimate of drug-likeness (QED) is 0.747. The molecule has 5 nitrogen and oxygen atoms in total. The van der Waals surface area contributed by atoms with E-state index in [9.17, 15) is 4.79 Å². The van der Waals surface area contributed by atoms with Gasteiger partial charge >= 0.3 is 5.97 Å². The fourth-order valence-electron chi connectivity index (χ4n) is 3.33. The minimum atomic E-state index is -0.527. The zero-order valence-electron chi connectivity index (χ0n) is 13.5. The Kier molecular flexibility index (Phi) is 4.42. The van der Waals surface area contributed by atoms with E-state index in [1.54, 1.807) is 0 Å². The lowest BCUT2D eigenvalue weighted by Gasteiger charge is -2.47. The van der Waals surface area contributed by atoms with Gasteiger partial charge < -0.3 is 10.1 Å². The molecule has 1 aliphatic carbocycles. The molecule has 0 radical (unpaired) electrons.